The maximum Gasteiger partial charge on any atom is 0.252 e. The van der Waals surface area contributed by atoms with E-state index in [1.54, 1.807) is 12.5 Å². The Morgan fingerprint density at radius 3 is 1.41 bits per heavy atom. The van der Waals surface area contributed by atoms with E-state index >= 15 is 0 Å². The van der Waals surface area contributed by atoms with Crippen LogP contribution in [-0.2, 0) is 0 Å². The number of furan rings is 2. The maximum absolute atomic E-state index is 13.6. The van der Waals surface area contributed by atoms with Gasteiger partial charge in [0.1, 0.15) is 11.4 Å². The van der Waals surface area contributed by atoms with Crippen molar-refractivity contribution in [3.05, 3.63) is 109 Å². The smallest absolute Gasteiger partial charge is 0.252 e. The molecule has 0 unspecified atom stereocenters. The molecular formula is C41H40N4O4. The van der Waals surface area contributed by atoms with Gasteiger partial charge < -0.3 is 19.5 Å². The van der Waals surface area contributed by atoms with Crippen LogP contribution in [-0.4, -0.2) is 33.9 Å². The van der Waals surface area contributed by atoms with E-state index in [1.807, 2.05) is 84.9 Å². The number of rotatable bonds is 8. The average Bonchev–Trinajstić information content (AvgIpc) is 3.88. The number of aromatic nitrogens is 2. The highest BCUT2D eigenvalue weighted by Crippen LogP contribution is 2.36. The van der Waals surface area contributed by atoms with E-state index in [2.05, 4.69) is 10.6 Å². The molecule has 0 atom stereocenters. The van der Waals surface area contributed by atoms with Gasteiger partial charge in [-0.05, 0) is 118 Å². The Balaban J connectivity index is 0.835. The molecule has 2 N–H and O–H groups in total. The van der Waals surface area contributed by atoms with Crippen LogP contribution in [0.5, 0.6) is 0 Å². The van der Waals surface area contributed by atoms with E-state index in [-0.39, 0.29) is 23.9 Å². The Hall–Kier alpha value is -5.24. The quantitative estimate of drug-likeness (QED) is 0.170. The van der Waals surface area contributed by atoms with Crippen molar-refractivity contribution in [2.24, 2.45) is 11.8 Å². The number of pyridine rings is 2. The summed E-state index contributed by atoms with van der Waals surface area (Å²) in [6, 6.07) is 27.0. The number of carbonyl (C=O) groups is 2. The normalized spacial score (nSPS) is 21.1. The number of carbonyl (C=O) groups excluding carboxylic acids is 2. The van der Waals surface area contributed by atoms with Crippen molar-refractivity contribution in [2.45, 2.75) is 69.9 Å². The Morgan fingerprint density at radius 1 is 0.571 bits per heavy atom. The Morgan fingerprint density at radius 2 is 1.00 bits per heavy atom. The van der Waals surface area contributed by atoms with Crippen LogP contribution in [0.2, 0.25) is 0 Å². The van der Waals surface area contributed by atoms with Gasteiger partial charge >= 0.3 is 0 Å². The molecule has 0 saturated heterocycles. The third-order valence-electron chi connectivity index (χ3n) is 10.5. The number of hydrogen-bond acceptors (Lipinski definition) is 6. The van der Waals surface area contributed by atoms with Gasteiger partial charge in [-0.15, -0.1) is 0 Å². The van der Waals surface area contributed by atoms with E-state index in [9.17, 15) is 9.59 Å². The van der Waals surface area contributed by atoms with Crippen LogP contribution >= 0.6 is 0 Å². The Labute approximate surface area is 285 Å². The summed E-state index contributed by atoms with van der Waals surface area (Å²) >= 11 is 0. The molecule has 8 heteroatoms. The van der Waals surface area contributed by atoms with Crippen LogP contribution in [0, 0.1) is 11.8 Å². The molecule has 2 saturated carbocycles. The largest absolute Gasteiger partial charge is 0.463 e. The summed E-state index contributed by atoms with van der Waals surface area (Å²) < 4.78 is 11.2. The molecule has 49 heavy (non-hydrogen) atoms. The lowest BCUT2D eigenvalue weighted by atomic mass is 9.75. The lowest BCUT2D eigenvalue weighted by Crippen LogP contribution is -2.39. The third-order valence-corrected chi connectivity index (χ3v) is 10.5. The fourth-order valence-electron chi connectivity index (χ4n) is 7.91. The second-order valence-electron chi connectivity index (χ2n) is 13.7. The lowest BCUT2D eigenvalue weighted by molar-refractivity contribution is 0.0919. The second kappa shape index (κ2) is 13.7. The molecule has 2 aromatic carbocycles. The first-order chi connectivity index (χ1) is 24.1. The molecule has 2 aliphatic rings. The summed E-state index contributed by atoms with van der Waals surface area (Å²) in [4.78, 5) is 36.6. The van der Waals surface area contributed by atoms with Gasteiger partial charge in [0.2, 0.25) is 0 Å². The van der Waals surface area contributed by atoms with Crippen LogP contribution in [0.4, 0.5) is 0 Å². The number of para-hydroxylation sites is 2. The molecule has 2 fully saturated rings. The molecule has 2 amide bonds. The minimum atomic E-state index is -0.0489. The number of nitrogens with zero attached hydrogens (tertiary/aromatic N) is 2. The van der Waals surface area contributed by atoms with Crippen LogP contribution in [0.25, 0.3) is 44.7 Å². The van der Waals surface area contributed by atoms with Gasteiger partial charge in [0.15, 0.2) is 11.5 Å². The molecule has 0 radical (unpaired) electrons. The van der Waals surface area contributed by atoms with E-state index in [4.69, 9.17) is 18.8 Å². The van der Waals surface area contributed by atoms with E-state index < -0.39 is 0 Å². The molecular weight excluding hydrogens is 612 g/mol. The molecule has 6 aromatic rings. The highest BCUT2D eigenvalue weighted by atomic mass is 16.3. The predicted molar refractivity (Wildman–Crippen MR) is 190 cm³/mol. The second-order valence-corrected chi connectivity index (χ2v) is 13.7. The highest BCUT2D eigenvalue weighted by Gasteiger charge is 2.29. The Bertz CT molecular complexity index is 1920. The zero-order chi connectivity index (χ0) is 33.2. The molecule has 0 spiro atoms. The third kappa shape index (κ3) is 6.73. The minimum absolute atomic E-state index is 0.0489. The van der Waals surface area contributed by atoms with E-state index in [0.717, 1.165) is 73.2 Å². The van der Waals surface area contributed by atoms with Crippen LogP contribution in [0.15, 0.2) is 106 Å². The van der Waals surface area contributed by atoms with Crippen LogP contribution < -0.4 is 10.6 Å². The van der Waals surface area contributed by atoms with Crippen molar-refractivity contribution in [3.8, 4) is 22.9 Å². The number of amides is 2. The predicted octanol–water partition coefficient (Wildman–Crippen LogP) is 8.97. The first kappa shape index (κ1) is 31.1. The summed E-state index contributed by atoms with van der Waals surface area (Å²) in [5, 5.41) is 8.38. The van der Waals surface area contributed by atoms with Crippen molar-refractivity contribution in [1.29, 1.82) is 0 Å². The van der Waals surface area contributed by atoms with Crippen molar-refractivity contribution in [3.63, 3.8) is 0 Å². The Kier molecular flexibility index (Phi) is 8.69. The fourth-order valence-corrected chi connectivity index (χ4v) is 7.91. The molecule has 4 aromatic heterocycles. The SMILES string of the molecule is O=C(NC1CCC(CC2CCC(NC(=O)c3cc(-c4ccco4)nc4ccccc34)CC2)CC1)c1cc(-c2ccco2)nc2ccccc12. The van der Waals surface area contributed by atoms with Crippen molar-refractivity contribution >= 4 is 33.6 Å². The zero-order valence-electron chi connectivity index (χ0n) is 27.4. The number of benzene rings is 2. The summed E-state index contributed by atoms with van der Waals surface area (Å²) in [6.45, 7) is 0. The first-order valence-corrected chi connectivity index (χ1v) is 17.6. The highest BCUT2D eigenvalue weighted by molar-refractivity contribution is 6.08. The molecule has 0 aliphatic heterocycles. The van der Waals surface area contributed by atoms with Crippen molar-refractivity contribution < 1.29 is 18.4 Å². The standard InChI is InChI=1S/C41H40N4O4/c46-40(32-24-36(38-11-5-21-48-38)44-34-9-3-1-7-30(32)34)42-28-17-13-26(14-18-28)23-27-15-19-29(20-16-27)43-41(47)33-25-37(39-12-6-22-49-39)45-35-10-4-2-8-31(33)35/h1-12,21-22,24-29H,13-20,23H2,(H,42,46)(H,43,47). The van der Waals surface area contributed by atoms with Gasteiger partial charge in [0.25, 0.3) is 11.8 Å². The van der Waals surface area contributed by atoms with E-state index in [0.29, 0.717) is 45.9 Å². The average molecular weight is 653 g/mol. The fraction of sp³-hybridized carbons (Fsp3) is 0.317. The number of hydrogen-bond donors (Lipinski definition) is 2. The van der Waals surface area contributed by atoms with Gasteiger partial charge in [-0.1, -0.05) is 36.4 Å². The summed E-state index contributed by atoms with van der Waals surface area (Å²) in [7, 11) is 0. The number of nitrogens with one attached hydrogen (secondary N) is 2. The van der Waals surface area contributed by atoms with Crippen molar-refractivity contribution in [1.82, 2.24) is 20.6 Å². The molecule has 248 valence electrons. The molecule has 4 heterocycles. The summed E-state index contributed by atoms with van der Waals surface area (Å²) in [5.74, 6) is 2.57. The maximum atomic E-state index is 13.6. The minimum Gasteiger partial charge on any atom is -0.463 e. The van der Waals surface area contributed by atoms with Crippen molar-refractivity contribution in [2.75, 3.05) is 0 Å². The first-order valence-electron chi connectivity index (χ1n) is 17.6. The van der Waals surface area contributed by atoms with Gasteiger partial charge in [-0.25, -0.2) is 9.97 Å². The lowest BCUT2D eigenvalue weighted by Gasteiger charge is -2.34. The van der Waals surface area contributed by atoms with Crippen LogP contribution in [0.3, 0.4) is 0 Å². The topological polar surface area (TPSA) is 110 Å². The van der Waals surface area contributed by atoms with Gasteiger partial charge in [0.05, 0.1) is 34.7 Å². The van der Waals surface area contributed by atoms with Gasteiger partial charge in [-0.3, -0.25) is 9.59 Å². The van der Waals surface area contributed by atoms with Gasteiger partial charge in [-0.2, -0.15) is 0 Å². The number of fused-ring (bicyclic) bond motifs is 2. The molecule has 0 bridgehead atoms. The molecule has 8 nitrogen and oxygen atoms in total. The monoisotopic (exact) mass is 652 g/mol. The van der Waals surface area contributed by atoms with Gasteiger partial charge in [0, 0.05) is 22.9 Å². The van der Waals surface area contributed by atoms with E-state index in [1.165, 1.54) is 6.42 Å². The zero-order valence-corrected chi connectivity index (χ0v) is 27.4. The summed E-state index contributed by atoms with van der Waals surface area (Å²) in [5.41, 5.74) is 4.17. The molecule has 8 rings (SSSR count). The summed E-state index contributed by atoms with van der Waals surface area (Å²) in [6.07, 6.45) is 13.0. The van der Waals surface area contributed by atoms with Crippen LogP contribution in [0.1, 0.15) is 78.5 Å². The molecule has 2 aliphatic carbocycles.